The third kappa shape index (κ3) is 3.71. The maximum atomic E-state index is 10.8. The zero-order valence-corrected chi connectivity index (χ0v) is 7.26. The highest BCUT2D eigenvalue weighted by atomic mass is 16.2. The predicted octanol–water partition coefficient (Wildman–Crippen LogP) is 0.389. The van der Waals surface area contributed by atoms with E-state index in [0.29, 0.717) is 6.42 Å². The van der Waals surface area contributed by atoms with E-state index in [1.54, 1.807) is 0 Å². The lowest BCUT2D eigenvalue weighted by Gasteiger charge is -2.10. The summed E-state index contributed by atoms with van der Waals surface area (Å²) in [5.41, 5.74) is 0. The molecular formula is C8H12N2O2. The van der Waals surface area contributed by atoms with E-state index in [0.717, 1.165) is 0 Å². The van der Waals surface area contributed by atoms with Crippen molar-refractivity contribution < 1.29 is 9.59 Å². The van der Waals surface area contributed by atoms with Gasteiger partial charge in [0.15, 0.2) is 5.78 Å². The third-order valence-electron chi connectivity index (χ3n) is 1.46. The van der Waals surface area contributed by atoms with E-state index >= 15 is 0 Å². The van der Waals surface area contributed by atoms with Crippen LogP contribution < -0.4 is 5.32 Å². The molecule has 0 aliphatic rings. The van der Waals surface area contributed by atoms with Crippen LogP contribution in [0.1, 0.15) is 20.3 Å². The SMILES string of the molecule is [C-]#[N+]CC(=O)NC(CC)C(C)=O. The second-order valence-corrected chi connectivity index (χ2v) is 2.46. The Kier molecular flexibility index (Phi) is 4.70. The fourth-order valence-corrected chi connectivity index (χ4v) is 0.803. The van der Waals surface area contributed by atoms with Crippen LogP contribution in [0.25, 0.3) is 4.85 Å². The summed E-state index contributed by atoms with van der Waals surface area (Å²) >= 11 is 0. The van der Waals surface area contributed by atoms with Gasteiger partial charge in [-0.15, -0.1) is 0 Å². The number of Topliss-reactive ketones (excluding diaryl/α,β-unsaturated/α-hetero) is 1. The van der Waals surface area contributed by atoms with E-state index in [1.807, 2.05) is 6.92 Å². The van der Waals surface area contributed by atoms with E-state index in [9.17, 15) is 9.59 Å². The van der Waals surface area contributed by atoms with Gasteiger partial charge in [-0.1, -0.05) is 6.92 Å². The summed E-state index contributed by atoms with van der Waals surface area (Å²) in [6.45, 7) is 9.45. The monoisotopic (exact) mass is 168 g/mol. The van der Waals surface area contributed by atoms with Crippen molar-refractivity contribution in [3.05, 3.63) is 11.4 Å². The molecule has 0 aromatic rings. The van der Waals surface area contributed by atoms with Crippen LogP contribution in [-0.4, -0.2) is 24.3 Å². The smallest absolute Gasteiger partial charge is 0.300 e. The van der Waals surface area contributed by atoms with Crippen molar-refractivity contribution in [2.45, 2.75) is 26.3 Å². The van der Waals surface area contributed by atoms with Crippen molar-refractivity contribution in [3.63, 3.8) is 0 Å². The first-order chi connectivity index (χ1) is 5.61. The number of nitrogens with zero attached hydrogens (tertiary/aromatic N) is 1. The molecule has 12 heavy (non-hydrogen) atoms. The second-order valence-electron chi connectivity index (χ2n) is 2.46. The van der Waals surface area contributed by atoms with Crippen molar-refractivity contribution in [2.24, 2.45) is 0 Å². The molecule has 0 radical (unpaired) electrons. The standard InChI is InChI=1S/C8H12N2O2/c1-4-7(6(2)11)10-8(12)5-9-3/h7H,4-5H2,1-2H3,(H,10,12). The first-order valence-electron chi connectivity index (χ1n) is 3.74. The van der Waals surface area contributed by atoms with Crippen LogP contribution in [-0.2, 0) is 9.59 Å². The minimum Gasteiger partial charge on any atom is -0.340 e. The van der Waals surface area contributed by atoms with Crippen LogP contribution in [0.5, 0.6) is 0 Å². The van der Waals surface area contributed by atoms with Crippen LogP contribution in [0.2, 0.25) is 0 Å². The van der Waals surface area contributed by atoms with Crippen molar-refractivity contribution in [1.29, 1.82) is 0 Å². The van der Waals surface area contributed by atoms with Gasteiger partial charge in [-0.3, -0.25) is 9.59 Å². The highest BCUT2D eigenvalue weighted by Gasteiger charge is 2.15. The van der Waals surface area contributed by atoms with Crippen LogP contribution in [0, 0.1) is 6.57 Å². The number of amides is 1. The zero-order valence-electron chi connectivity index (χ0n) is 7.26. The molecule has 0 spiro atoms. The fraction of sp³-hybridized carbons (Fsp3) is 0.625. The van der Waals surface area contributed by atoms with Gasteiger partial charge in [0.1, 0.15) is 0 Å². The van der Waals surface area contributed by atoms with Gasteiger partial charge in [-0.05, 0) is 13.3 Å². The molecule has 0 aromatic carbocycles. The van der Waals surface area contributed by atoms with E-state index < -0.39 is 6.04 Å². The Bertz CT molecular complexity index is 218. The number of carbonyl (C=O) groups is 2. The highest BCUT2D eigenvalue weighted by molar-refractivity contribution is 5.88. The number of carbonyl (C=O) groups excluding carboxylic acids is 2. The van der Waals surface area contributed by atoms with Crippen molar-refractivity contribution >= 4 is 11.7 Å². The van der Waals surface area contributed by atoms with Crippen LogP contribution in [0.4, 0.5) is 0 Å². The highest BCUT2D eigenvalue weighted by Crippen LogP contribution is 1.91. The molecular weight excluding hydrogens is 156 g/mol. The molecule has 1 atom stereocenters. The first kappa shape index (κ1) is 10.6. The second kappa shape index (κ2) is 5.30. The fourth-order valence-electron chi connectivity index (χ4n) is 0.803. The van der Waals surface area contributed by atoms with E-state index in [-0.39, 0.29) is 18.2 Å². The molecule has 66 valence electrons. The Morgan fingerprint density at radius 3 is 2.50 bits per heavy atom. The number of hydrogen-bond acceptors (Lipinski definition) is 2. The molecule has 0 aliphatic heterocycles. The quantitative estimate of drug-likeness (QED) is 0.617. The van der Waals surface area contributed by atoms with E-state index in [4.69, 9.17) is 6.57 Å². The summed E-state index contributed by atoms with van der Waals surface area (Å²) in [4.78, 5) is 24.6. The Morgan fingerprint density at radius 2 is 2.17 bits per heavy atom. The Balaban J connectivity index is 3.96. The van der Waals surface area contributed by atoms with Gasteiger partial charge in [-0.25, -0.2) is 6.57 Å². The summed E-state index contributed by atoms with van der Waals surface area (Å²) < 4.78 is 0. The number of ketones is 1. The van der Waals surface area contributed by atoms with E-state index in [1.165, 1.54) is 6.92 Å². The molecule has 1 amide bonds. The topological polar surface area (TPSA) is 50.5 Å². The number of hydrogen-bond donors (Lipinski definition) is 1. The summed E-state index contributed by atoms with van der Waals surface area (Å²) in [6, 6.07) is -0.431. The largest absolute Gasteiger partial charge is 0.340 e. The lowest BCUT2D eigenvalue weighted by Crippen LogP contribution is -2.40. The van der Waals surface area contributed by atoms with Crippen molar-refractivity contribution in [1.82, 2.24) is 5.32 Å². The van der Waals surface area contributed by atoms with Gasteiger partial charge in [-0.2, -0.15) is 0 Å². The first-order valence-corrected chi connectivity index (χ1v) is 3.74. The molecule has 4 heteroatoms. The van der Waals surface area contributed by atoms with Gasteiger partial charge in [0, 0.05) is 0 Å². The Hall–Kier alpha value is -1.37. The van der Waals surface area contributed by atoms with Crippen LogP contribution in [0.15, 0.2) is 0 Å². The van der Waals surface area contributed by atoms with Gasteiger partial charge < -0.3 is 10.2 Å². The number of rotatable bonds is 4. The molecule has 1 unspecified atom stereocenters. The summed E-state index contributed by atoms with van der Waals surface area (Å²) in [5, 5.41) is 2.46. The summed E-state index contributed by atoms with van der Waals surface area (Å²) in [6.07, 6.45) is 0.569. The lowest BCUT2D eigenvalue weighted by atomic mass is 10.1. The predicted molar refractivity (Wildman–Crippen MR) is 44.4 cm³/mol. The molecule has 0 heterocycles. The average Bonchev–Trinajstić information content (AvgIpc) is 2.00. The van der Waals surface area contributed by atoms with Gasteiger partial charge in [0.2, 0.25) is 0 Å². The van der Waals surface area contributed by atoms with Crippen molar-refractivity contribution in [3.8, 4) is 0 Å². The maximum absolute atomic E-state index is 10.8. The zero-order chi connectivity index (χ0) is 9.56. The van der Waals surface area contributed by atoms with E-state index in [2.05, 4.69) is 10.2 Å². The number of nitrogens with one attached hydrogen (secondary N) is 1. The normalized spacial score (nSPS) is 11.4. The Morgan fingerprint density at radius 1 is 1.58 bits per heavy atom. The molecule has 0 aromatic heterocycles. The maximum Gasteiger partial charge on any atom is 0.300 e. The molecule has 0 saturated carbocycles. The molecule has 4 nitrogen and oxygen atoms in total. The third-order valence-corrected chi connectivity index (χ3v) is 1.46. The van der Waals surface area contributed by atoms with Gasteiger partial charge in [0.25, 0.3) is 6.54 Å². The minimum absolute atomic E-state index is 0.0733. The Labute approximate surface area is 71.8 Å². The average molecular weight is 168 g/mol. The molecule has 0 rings (SSSR count). The summed E-state index contributed by atoms with van der Waals surface area (Å²) in [7, 11) is 0. The van der Waals surface area contributed by atoms with Crippen molar-refractivity contribution in [2.75, 3.05) is 6.54 Å². The van der Waals surface area contributed by atoms with Crippen LogP contribution in [0.3, 0.4) is 0 Å². The molecule has 1 N–H and O–H groups in total. The molecule has 0 aliphatic carbocycles. The lowest BCUT2D eigenvalue weighted by molar-refractivity contribution is -0.125. The summed E-state index contributed by atoms with van der Waals surface area (Å²) in [5.74, 6) is -0.456. The van der Waals surface area contributed by atoms with Gasteiger partial charge >= 0.3 is 5.91 Å². The molecule has 0 bridgehead atoms. The molecule has 0 fully saturated rings. The minimum atomic E-state index is -0.431. The van der Waals surface area contributed by atoms with Crippen LogP contribution >= 0.6 is 0 Å². The van der Waals surface area contributed by atoms with Gasteiger partial charge in [0.05, 0.1) is 6.04 Å². The molecule has 0 saturated heterocycles.